The number of aromatic nitrogens is 1. The molecule has 1 aromatic heterocycles. The van der Waals surface area contributed by atoms with Crippen LogP contribution in [-0.2, 0) is 11.2 Å². The van der Waals surface area contributed by atoms with Gasteiger partial charge in [-0.1, -0.05) is 71.3 Å². The van der Waals surface area contributed by atoms with Gasteiger partial charge in [-0.25, -0.2) is 4.79 Å². The van der Waals surface area contributed by atoms with E-state index in [2.05, 4.69) is 18.5 Å². The Hall–Kier alpha value is -1.64. The molecule has 3 heteroatoms. The fourth-order valence-electron chi connectivity index (χ4n) is 2.67. The van der Waals surface area contributed by atoms with Gasteiger partial charge in [-0.05, 0) is 31.9 Å². The van der Waals surface area contributed by atoms with E-state index in [0.717, 1.165) is 18.5 Å². The highest BCUT2D eigenvalue weighted by Gasteiger charge is 2.10. The summed E-state index contributed by atoms with van der Waals surface area (Å²) in [6.07, 6.45) is 15.7. The Kier molecular flexibility index (Phi) is 10.8. The monoisotopic (exact) mass is 331 g/mol. The van der Waals surface area contributed by atoms with Gasteiger partial charge >= 0.3 is 5.97 Å². The lowest BCUT2D eigenvalue weighted by Crippen LogP contribution is -2.10. The van der Waals surface area contributed by atoms with E-state index in [1.807, 2.05) is 0 Å². The fourth-order valence-corrected chi connectivity index (χ4v) is 2.67. The fraction of sp³-hybridized carbons (Fsp3) is 0.619. The topological polar surface area (TPSA) is 39.2 Å². The summed E-state index contributed by atoms with van der Waals surface area (Å²) in [6, 6.07) is 3.60. The molecule has 24 heavy (non-hydrogen) atoms. The number of hydrogen-bond donors (Lipinski definition) is 0. The van der Waals surface area contributed by atoms with Crippen molar-refractivity contribution in [3.8, 4) is 5.75 Å². The smallest absolute Gasteiger partial charge is 0.338 e. The lowest BCUT2D eigenvalue weighted by molar-refractivity contribution is -0.130. The minimum absolute atomic E-state index is 0.382. The quantitative estimate of drug-likeness (QED) is 0.252. The number of ether oxygens (including phenoxy) is 1. The molecule has 134 valence electrons. The minimum Gasteiger partial charge on any atom is -0.421 e. The summed E-state index contributed by atoms with van der Waals surface area (Å²) in [4.78, 5) is 16.0. The molecule has 0 saturated carbocycles. The van der Waals surface area contributed by atoms with E-state index >= 15 is 0 Å². The highest BCUT2D eigenvalue weighted by atomic mass is 16.5. The van der Waals surface area contributed by atoms with E-state index in [1.165, 1.54) is 57.8 Å². The number of esters is 1. The van der Waals surface area contributed by atoms with Crippen LogP contribution < -0.4 is 4.74 Å². The third-order valence-corrected chi connectivity index (χ3v) is 4.17. The Morgan fingerprint density at radius 3 is 2.21 bits per heavy atom. The molecule has 0 fully saturated rings. The summed E-state index contributed by atoms with van der Waals surface area (Å²) in [7, 11) is 0. The van der Waals surface area contributed by atoms with Crippen LogP contribution in [0.1, 0.15) is 83.7 Å². The molecule has 0 saturated heterocycles. The third-order valence-electron chi connectivity index (χ3n) is 4.17. The van der Waals surface area contributed by atoms with E-state index < -0.39 is 0 Å². The zero-order valence-electron chi connectivity index (χ0n) is 15.5. The van der Waals surface area contributed by atoms with Gasteiger partial charge in [-0.2, -0.15) is 0 Å². The van der Waals surface area contributed by atoms with Gasteiger partial charge in [0.15, 0.2) is 5.75 Å². The van der Waals surface area contributed by atoms with Crippen molar-refractivity contribution >= 4 is 5.97 Å². The largest absolute Gasteiger partial charge is 0.421 e. The summed E-state index contributed by atoms with van der Waals surface area (Å²) in [6.45, 7) is 7.52. The molecule has 0 radical (unpaired) electrons. The maximum atomic E-state index is 11.7. The first kappa shape index (κ1) is 20.4. The van der Waals surface area contributed by atoms with Crippen LogP contribution in [0.4, 0.5) is 0 Å². The van der Waals surface area contributed by atoms with Crippen LogP contribution in [0.15, 0.2) is 30.5 Å². The van der Waals surface area contributed by atoms with E-state index in [0.29, 0.717) is 11.3 Å². The van der Waals surface area contributed by atoms with Gasteiger partial charge in [-0.3, -0.25) is 4.98 Å². The van der Waals surface area contributed by atoms with Crippen LogP contribution in [0.5, 0.6) is 5.75 Å². The molecule has 0 amide bonds. The highest BCUT2D eigenvalue weighted by Crippen LogP contribution is 2.19. The second-order valence-electron chi connectivity index (χ2n) is 6.55. The second-order valence-corrected chi connectivity index (χ2v) is 6.55. The Labute approximate surface area is 147 Å². The zero-order valence-corrected chi connectivity index (χ0v) is 15.5. The van der Waals surface area contributed by atoms with Gasteiger partial charge in [0.25, 0.3) is 0 Å². The maximum Gasteiger partial charge on any atom is 0.338 e. The van der Waals surface area contributed by atoms with E-state index in [1.54, 1.807) is 25.3 Å². The molecule has 0 aliphatic carbocycles. The minimum atomic E-state index is -0.382. The van der Waals surface area contributed by atoms with Crippen molar-refractivity contribution in [2.45, 2.75) is 84.5 Å². The van der Waals surface area contributed by atoms with Crippen molar-refractivity contribution in [3.05, 3.63) is 36.2 Å². The van der Waals surface area contributed by atoms with Crippen LogP contribution in [0, 0.1) is 0 Å². The average molecular weight is 332 g/mol. The van der Waals surface area contributed by atoms with Crippen molar-refractivity contribution in [3.63, 3.8) is 0 Å². The molecule has 1 aromatic rings. The lowest BCUT2D eigenvalue weighted by Gasteiger charge is -2.09. The van der Waals surface area contributed by atoms with E-state index in [9.17, 15) is 4.79 Å². The Morgan fingerprint density at radius 2 is 1.62 bits per heavy atom. The molecule has 1 heterocycles. The van der Waals surface area contributed by atoms with Gasteiger partial charge < -0.3 is 4.74 Å². The average Bonchev–Trinajstić information content (AvgIpc) is 2.57. The zero-order chi connectivity index (χ0) is 17.6. The van der Waals surface area contributed by atoms with Crippen molar-refractivity contribution < 1.29 is 9.53 Å². The molecule has 0 spiro atoms. The third kappa shape index (κ3) is 8.85. The maximum absolute atomic E-state index is 11.7. The molecule has 0 aliphatic heterocycles. The first-order chi connectivity index (χ1) is 11.6. The van der Waals surface area contributed by atoms with Crippen LogP contribution in [0.25, 0.3) is 0 Å². The first-order valence-electron chi connectivity index (χ1n) is 9.46. The molecule has 1 rings (SSSR count). The summed E-state index contributed by atoms with van der Waals surface area (Å²) in [5.41, 5.74) is 1.27. The summed E-state index contributed by atoms with van der Waals surface area (Å²) in [5, 5.41) is 0. The van der Waals surface area contributed by atoms with Crippen molar-refractivity contribution in [2.75, 3.05) is 0 Å². The number of carbonyl (C=O) groups excluding carboxylic acids is 1. The molecule has 0 aromatic carbocycles. The molecule has 0 bridgehead atoms. The van der Waals surface area contributed by atoms with Crippen molar-refractivity contribution in [1.29, 1.82) is 0 Å². The summed E-state index contributed by atoms with van der Waals surface area (Å²) >= 11 is 0. The first-order valence-corrected chi connectivity index (χ1v) is 9.46. The van der Waals surface area contributed by atoms with Gasteiger partial charge in [0.2, 0.25) is 0 Å². The predicted octanol–water partition coefficient (Wildman–Crippen LogP) is 6.03. The Balaban J connectivity index is 2.19. The van der Waals surface area contributed by atoms with Gasteiger partial charge in [0, 0.05) is 11.8 Å². The van der Waals surface area contributed by atoms with Gasteiger partial charge in [0.1, 0.15) is 0 Å². The van der Waals surface area contributed by atoms with Crippen LogP contribution >= 0.6 is 0 Å². The number of rotatable bonds is 13. The van der Waals surface area contributed by atoms with E-state index in [-0.39, 0.29) is 5.97 Å². The molecule has 0 atom stereocenters. The van der Waals surface area contributed by atoms with E-state index in [4.69, 9.17) is 4.74 Å². The summed E-state index contributed by atoms with van der Waals surface area (Å²) in [5.74, 6) is 0.189. The van der Waals surface area contributed by atoms with Crippen molar-refractivity contribution in [2.24, 2.45) is 0 Å². The molecular weight excluding hydrogens is 298 g/mol. The van der Waals surface area contributed by atoms with Crippen LogP contribution in [0.3, 0.4) is 0 Å². The van der Waals surface area contributed by atoms with Gasteiger partial charge in [-0.15, -0.1) is 0 Å². The molecular formula is C21H33NO2. The van der Waals surface area contributed by atoms with Crippen LogP contribution in [-0.4, -0.2) is 11.0 Å². The standard InChI is InChI=1S/C21H33NO2/c1-4-5-6-7-8-9-10-11-12-13-15-19-20(16-14-17-22-19)24-21(23)18(2)3/h14,16-17H,2,4-13,15H2,1,3H3. The Bertz CT molecular complexity index is 496. The molecule has 0 unspecified atom stereocenters. The normalized spacial score (nSPS) is 10.6. The predicted molar refractivity (Wildman–Crippen MR) is 100 cm³/mol. The summed E-state index contributed by atoms with van der Waals surface area (Å²) < 4.78 is 5.35. The number of aryl methyl sites for hydroxylation is 1. The molecule has 0 N–H and O–H groups in total. The number of hydrogen-bond acceptors (Lipinski definition) is 3. The number of carbonyl (C=O) groups is 1. The highest BCUT2D eigenvalue weighted by molar-refractivity contribution is 5.88. The molecule has 0 aliphatic rings. The van der Waals surface area contributed by atoms with Gasteiger partial charge in [0.05, 0.1) is 5.69 Å². The number of unbranched alkanes of at least 4 members (excludes halogenated alkanes) is 9. The number of nitrogens with zero attached hydrogens (tertiary/aromatic N) is 1. The Morgan fingerprint density at radius 1 is 1.04 bits per heavy atom. The second kappa shape index (κ2) is 12.7. The van der Waals surface area contributed by atoms with Crippen LogP contribution in [0.2, 0.25) is 0 Å². The van der Waals surface area contributed by atoms with Crippen molar-refractivity contribution in [1.82, 2.24) is 4.98 Å². The molecule has 3 nitrogen and oxygen atoms in total. The SMILES string of the molecule is C=C(C)C(=O)Oc1cccnc1CCCCCCCCCCCC. The number of pyridine rings is 1. The lowest BCUT2D eigenvalue weighted by atomic mass is 10.0.